The summed E-state index contributed by atoms with van der Waals surface area (Å²) in [5.41, 5.74) is 11.2. The Bertz CT molecular complexity index is 515. The second-order valence-corrected chi connectivity index (χ2v) is 5.64. The lowest BCUT2D eigenvalue weighted by atomic mass is 9.75. The fourth-order valence-electron chi connectivity index (χ4n) is 1.91. The molecule has 0 spiro atoms. The van der Waals surface area contributed by atoms with E-state index < -0.39 is 24.2 Å². The molecule has 0 aromatic carbocycles. The third-order valence-corrected chi connectivity index (χ3v) is 3.77. The van der Waals surface area contributed by atoms with E-state index >= 15 is 0 Å². The van der Waals surface area contributed by atoms with Gasteiger partial charge in [0.2, 0.25) is 5.91 Å². The number of amides is 1. The van der Waals surface area contributed by atoms with Gasteiger partial charge in [0.1, 0.15) is 0 Å². The summed E-state index contributed by atoms with van der Waals surface area (Å²) in [5, 5.41) is 0. The highest BCUT2D eigenvalue weighted by atomic mass is 16.7. The van der Waals surface area contributed by atoms with Gasteiger partial charge in [-0.05, 0) is 27.7 Å². The van der Waals surface area contributed by atoms with Gasteiger partial charge in [-0.25, -0.2) is 0 Å². The van der Waals surface area contributed by atoms with E-state index in [1.807, 2.05) is 27.7 Å². The Morgan fingerprint density at radius 3 is 2.21 bits per heavy atom. The Morgan fingerprint density at radius 1 is 1.21 bits per heavy atom. The highest BCUT2D eigenvalue weighted by Crippen LogP contribution is 2.37. The summed E-state index contributed by atoms with van der Waals surface area (Å²) >= 11 is 0. The number of primary amides is 1. The van der Waals surface area contributed by atoms with Crippen LogP contribution in [0.25, 0.3) is 0 Å². The predicted octanol–water partition coefficient (Wildman–Crippen LogP) is 0.0619. The minimum Gasteiger partial charge on any atom is -0.399 e. The summed E-state index contributed by atoms with van der Waals surface area (Å²) < 4.78 is 11.8. The molecule has 0 radical (unpaired) electrons. The summed E-state index contributed by atoms with van der Waals surface area (Å²) in [7, 11) is -0.726. The Hall–Kier alpha value is -1.60. The van der Waals surface area contributed by atoms with Crippen LogP contribution in [-0.4, -0.2) is 29.2 Å². The zero-order valence-electron chi connectivity index (χ0n) is 11.6. The van der Waals surface area contributed by atoms with Gasteiger partial charge in [0, 0.05) is 17.9 Å². The van der Waals surface area contributed by atoms with E-state index in [1.165, 1.54) is 12.4 Å². The quantitative estimate of drug-likeness (QED) is 0.735. The van der Waals surface area contributed by atoms with Crippen LogP contribution in [0.15, 0.2) is 12.4 Å². The van der Waals surface area contributed by atoms with E-state index in [4.69, 9.17) is 20.8 Å². The largest absolute Gasteiger partial charge is 0.497 e. The van der Waals surface area contributed by atoms with E-state index in [0.29, 0.717) is 11.2 Å². The second-order valence-electron chi connectivity index (χ2n) is 5.64. The normalized spacial score (nSPS) is 20.5. The number of nitrogens with two attached hydrogens (primary N) is 2. The molecule has 2 rings (SSSR count). The zero-order valence-corrected chi connectivity index (χ0v) is 11.6. The molecule has 0 saturated carbocycles. The predicted molar refractivity (Wildman–Crippen MR) is 72.9 cm³/mol. The van der Waals surface area contributed by atoms with Gasteiger partial charge in [0.15, 0.2) is 0 Å². The van der Waals surface area contributed by atoms with E-state index in [-0.39, 0.29) is 5.56 Å². The first-order valence-corrected chi connectivity index (χ1v) is 6.04. The zero-order chi connectivity index (χ0) is 14.4. The van der Waals surface area contributed by atoms with Crippen molar-refractivity contribution in [3.05, 3.63) is 18.0 Å². The standard InChI is InChI=1S/C12H18BN3O3/c1-11(2)12(3,4)19-13(18-11)9-7(10(15)17)5-16-6-8(9)14/h5-6H,14H2,1-4H3,(H2,15,17). The number of nitrogen functional groups attached to an aromatic ring is 1. The number of nitrogens with zero attached hydrogens (tertiary/aromatic N) is 1. The Balaban J connectivity index is 2.48. The van der Waals surface area contributed by atoms with Crippen molar-refractivity contribution in [2.45, 2.75) is 38.9 Å². The van der Waals surface area contributed by atoms with Crippen molar-refractivity contribution in [2.24, 2.45) is 5.73 Å². The third-order valence-electron chi connectivity index (χ3n) is 3.77. The molecule has 1 amide bonds. The minimum atomic E-state index is -0.726. The number of pyridine rings is 1. The molecule has 1 aromatic heterocycles. The van der Waals surface area contributed by atoms with Gasteiger partial charge in [-0.3, -0.25) is 9.78 Å². The van der Waals surface area contributed by atoms with Gasteiger partial charge in [0.05, 0.1) is 22.5 Å². The Labute approximate surface area is 112 Å². The average Bonchev–Trinajstić information content (AvgIpc) is 2.47. The summed E-state index contributed by atoms with van der Waals surface area (Å²) in [6, 6.07) is 0. The molecule has 0 aliphatic carbocycles. The molecule has 7 heteroatoms. The number of carbonyl (C=O) groups excluding carboxylic acids is 1. The van der Waals surface area contributed by atoms with Crippen LogP contribution < -0.4 is 16.9 Å². The first kappa shape index (κ1) is 13.8. The smallest absolute Gasteiger partial charge is 0.399 e. The van der Waals surface area contributed by atoms with E-state index in [0.717, 1.165) is 0 Å². The number of hydrogen-bond acceptors (Lipinski definition) is 5. The van der Waals surface area contributed by atoms with Crippen LogP contribution in [0.5, 0.6) is 0 Å². The lowest BCUT2D eigenvalue weighted by molar-refractivity contribution is 0.00578. The SMILES string of the molecule is CC1(C)OB(c2c(N)cncc2C(N)=O)OC1(C)C. The molecule has 1 aliphatic heterocycles. The molecule has 2 heterocycles. The lowest BCUT2D eigenvalue weighted by Crippen LogP contribution is -2.41. The molecule has 1 fully saturated rings. The number of hydrogen-bond donors (Lipinski definition) is 2. The fraction of sp³-hybridized carbons (Fsp3) is 0.500. The molecule has 19 heavy (non-hydrogen) atoms. The number of rotatable bonds is 2. The number of aromatic nitrogens is 1. The summed E-state index contributed by atoms with van der Waals surface area (Å²) in [6.45, 7) is 7.70. The van der Waals surface area contributed by atoms with Gasteiger partial charge in [-0.15, -0.1) is 0 Å². The summed E-state index contributed by atoms with van der Waals surface area (Å²) in [5.74, 6) is -0.607. The lowest BCUT2D eigenvalue weighted by Gasteiger charge is -2.32. The maximum Gasteiger partial charge on any atom is 0.497 e. The van der Waals surface area contributed by atoms with Crippen molar-refractivity contribution in [1.29, 1.82) is 0 Å². The first-order chi connectivity index (χ1) is 8.66. The van der Waals surface area contributed by atoms with Gasteiger partial charge in [-0.1, -0.05) is 0 Å². The van der Waals surface area contributed by atoms with Crippen molar-refractivity contribution in [3.63, 3.8) is 0 Å². The van der Waals surface area contributed by atoms with Crippen LogP contribution in [0, 0.1) is 0 Å². The van der Waals surface area contributed by atoms with Crippen LogP contribution >= 0.6 is 0 Å². The molecule has 0 unspecified atom stereocenters. The van der Waals surface area contributed by atoms with Gasteiger partial charge < -0.3 is 20.8 Å². The van der Waals surface area contributed by atoms with Crippen LogP contribution in [0.4, 0.5) is 5.69 Å². The van der Waals surface area contributed by atoms with Crippen LogP contribution in [0.2, 0.25) is 0 Å². The molecular formula is C12H18BN3O3. The monoisotopic (exact) mass is 263 g/mol. The molecule has 1 aromatic rings. The van der Waals surface area contributed by atoms with Gasteiger partial charge in [-0.2, -0.15) is 0 Å². The summed E-state index contributed by atoms with van der Waals surface area (Å²) in [4.78, 5) is 15.3. The Kier molecular flexibility index (Phi) is 3.06. The first-order valence-electron chi connectivity index (χ1n) is 6.04. The maximum atomic E-state index is 11.5. The van der Waals surface area contributed by atoms with Crippen molar-refractivity contribution < 1.29 is 14.1 Å². The topological polar surface area (TPSA) is 100 Å². The highest BCUT2D eigenvalue weighted by molar-refractivity contribution is 6.65. The van der Waals surface area contributed by atoms with E-state index in [2.05, 4.69) is 4.98 Å². The van der Waals surface area contributed by atoms with Gasteiger partial charge in [0.25, 0.3) is 0 Å². The fourth-order valence-corrected chi connectivity index (χ4v) is 1.91. The van der Waals surface area contributed by atoms with Crippen LogP contribution in [0.3, 0.4) is 0 Å². The molecule has 0 atom stereocenters. The van der Waals surface area contributed by atoms with Crippen molar-refractivity contribution in [2.75, 3.05) is 5.73 Å². The molecule has 1 aliphatic rings. The van der Waals surface area contributed by atoms with Crippen LogP contribution in [-0.2, 0) is 9.31 Å². The minimum absolute atomic E-state index is 0.221. The van der Waals surface area contributed by atoms with Crippen LogP contribution in [0.1, 0.15) is 38.1 Å². The Morgan fingerprint density at radius 2 is 1.74 bits per heavy atom. The maximum absolute atomic E-state index is 11.5. The molecule has 6 nitrogen and oxygen atoms in total. The number of carbonyl (C=O) groups is 1. The number of anilines is 1. The molecule has 0 bridgehead atoms. The van der Waals surface area contributed by atoms with E-state index in [9.17, 15) is 4.79 Å². The summed E-state index contributed by atoms with van der Waals surface area (Å²) in [6.07, 6.45) is 2.83. The van der Waals surface area contributed by atoms with Gasteiger partial charge >= 0.3 is 7.12 Å². The molecule has 1 saturated heterocycles. The highest BCUT2D eigenvalue weighted by Gasteiger charge is 2.53. The van der Waals surface area contributed by atoms with Crippen molar-refractivity contribution in [1.82, 2.24) is 4.98 Å². The second kappa shape index (κ2) is 4.21. The average molecular weight is 263 g/mol. The van der Waals surface area contributed by atoms with E-state index in [1.54, 1.807) is 0 Å². The van der Waals surface area contributed by atoms with Crippen molar-refractivity contribution in [3.8, 4) is 0 Å². The molecule has 102 valence electrons. The third kappa shape index (κ3) is 2.19. The van der Waals surface area contributed by atoms with Crippen molar-refractivity contribution >= 4 is 24.2 Å². The molecular weight excluding hydrogens is 245 g/mol. The molecule has 4 N–H and O–H groups in total.